The zero-order valence-electron chi connectivity index (χ0n) is 45.4. The normalized spacial score (nSPS) is 18.4. The Kier molecular flexibility index (Phi) is 19.4. The molecule has 4 amide bonds. The van der Waals surface area contributed by atoms with Gasteiger partial charge in [0.05, 0.1) is 35.1 Å². The van der Waals surface area contributed by atoms with Gasteiger partial charge in [-0.3, -0.25) is 9.59 Å². The number of amides is 4. The van der Waals surface area contributed by atoms with Crippen LogP contribution in [0.5, 0.6) is 0 Å². The summed E-state index contributed by atoms with van der Waals surface area (Å²) in [5, 5.41) is 0. The lowest BCUT2D eigenvalue weighted by molar-refractivity contribution is -0.144. The van der Waals surface area contributed by atoms with E-state index in [0.717, 1.165) is 0 Å². The van der Waals surface area contributed by atoms with Crippen molar-refractivity contribution in [1.82, 2.24) is 19.6 Å². The molecule has 0 N–H and O–H groups in total. The summed E-state index contributed by atoms with van der Waals surface area (Å²) in [6.45, 7) is 14.2. The van der Waals surface area contributed by atoms with E-state index in [4.69, 9.17) is 9.47 Å². The molecule has 24 heteroatoms. The molecule has 2 aliphatic heterocycles. The molecule has 2 saturated heterocycles. The van der Waals surface area contributed by atoms with Crippen LogP contribution in [0.4, 0.5) is 71.1 Å². The summed E-state index contributed by atoms with van der Waals surface area (Å²) in [6, 6.07) is 9.20. The first-order chi connectivity index (χ1) is 36.5. The smallest absolute Gasteiger partial charge is 0.416 e. The highest BCUT2D eigenvalue weighted by Crippen LogP contribution is 2.40. The number of carbonyl (C=O) groups excluding carboxylic acids is 4. The summed E-state index contributed by atoms with van der Waals surface area (Å²) in [5.74, 6) is -3.41. The molecule has 2 aliphatic rings. The van der Waals surface area contributed by atoms with Crippen LogP contribution < -0.4 is 0 Å². The lowest BCUT2D eigenvalue weighted by Crippen LogP contribution is -2.53. The minimum absolute atomic E-state index is 0.0113. The van der Waals surface area contributed by atoms with Crippen molar-refractivity contribution in [3.05, 3.63) is 140 Å². The van der Waals surface area contributed by atoms with Crippen LogP contribution in [0.3, 0.4) is 0 Å². The van der Waals surface area contributed by atoms with Crippen molar-refractivity contribution in [1.29, 1.82) is 0 Å². The molecule has 80 heavy (non-hydrogen) atoms. The largest absolute Gasteiger partial charge is 0.444 e. The van der Waals surface area contributed by atoms with E-state index in [0.29, 0.717) is 46.5 Å². The van der Waals surface area contributed by atoms with E-state index in [9.17, 15) is 80.6 Å². The number of hydrogen-bond acceptors (Lipinski definition) is 6. The highest BCUT2D eigenvalue weighted by Gasteiger charge is 2.43. The third kappa shape index (κ3) is 17.2. The summed E-state index contributed by atoms with van der Waals surface area (Å²) in [5.41, 5.74) is -5.96. The van der Waals surface area contributed by atoms with E-state index in [2.05, 4.69) is 0 Å². The van der Waals surface area contributed by atoms with Gasteiger partial charge in [-0.15, -0.1) is 0 Å². The fourth-order valence-corrected chi connectivity index (χ4v) is 9.72. The Hall–Kier alpha value is -6.62. The topological polar surface area (TPSA) is 99.7 Å². The van der Waals surface area contributed by atoms with Crippen molar-refractivity contribution < 1.29 is 90.1 Å². The molecule has 4 aromatic rings. The molecule has 6 rings (SSSR count). The number of likely N-dealkylation sites (N-methyl/N-ethyl adjacent to an activating group) is 2. The number of carbonyl (C=O) groups is 4. The predicted octanol–water partition coefficient (Wildman–Crippen LogP) is 13.9. The molecule has 0 unspecified atom stereocenters. The fourth-order valence-electron chi connectivity index (χ4n) is 9.72. The number of aryl methyl sites for hydroxylation is 2. The molecular formula is C56H62F14N4O6. The van der Waals surface area contributed by atoms with E-state index in [-0.39, 0.29) is 51.2 Å². The Morgan fingerprint density at radius 3 is 1.02 bits per heavy atom. The van der Waals surface area contributed by atoms with Crippen LogP contribution in [-0.4, -0.2) is 107 Å². The lowest BCUT2D eigenvalue weighted by atomic mass is 9.83. The fraction of sp³-hybridized carbons (Fsp3) is 0.500. The molecule has 0 spiro atoms. The Labute approximate surface area is 454 Å². The molecule has 0 radical (unpaired) electrons. The van der Waals surface area contributed by atoms with Gasteiger partial charge in [0.2, 0.25) is 11.8 Å². The van der Waals surface area contributed by atoms with E-state index >= 15 is 0 Å². The third-order valence-electron chi connectivity index (χ3n) is 13.5. The molecule has 0 aromatic heterocycles. The standard InChI is InChI=1S/2C28H31F7N2O3/c2*1-16-10-20(29)6-7-21(16)22-15-37(25(39)40-26(2,3)4)9-8-23(22)36(5)24(38)13-17-11-18(27(30,31)32)14-19(12-17)28(33,34)35/h2*6-7,10-12,14,22-23H,8-9,13,15H2,1-5H3/t2*22-,23+/m10/s1. The van der Waals surface area contributed by atoms with Gasteiger partial charge in [0.25, 0.3) is 0 Å². The van der Waals surface area contributed by atoms with Gasteiger partial charge in [0.1, 0.15) is 22.8 Å². The van der Waals surface area contributed by atoms with Crippen molar-refractivity contribution in [2.45, 2.75) is 141 Å². The number of halogens is 14. The van der Waals surface area contributed by atoms with Crippen LogP contribution in [0, 0.1) is 25.5 Å². The van der Waals surface area contributed by atoms with Crippen LogP contribution in [0.25, 0.3) is 0 Å². The molecule has 0 saturated carbocycles. The lowest BCUT2D eigenvalue weighted by Gasteiger charge is -2.43. The van der Waals surface area contributed by atoms with Crippen molar-refractivity contribution in [3.63, 3.8) is 0 Å². The number of rotatable bonds is 8. The second-order valence-electron chi connectivity index (χ2n) is 22.0. The summed E-state index contributed by atoms with van der Waals surface area (Å²) < 4.78 is 198. The number of benzene rings is 4. The van der Waals surface area contributed by atoms with Gasteiger partial charge >= 0.3 is 36.9 Å². The van der Waals surface area contributed by atoms with Crippen molar-refractivity contribution >= 4 is 24.0 Å². The first kappa shape index (κ1) is 64.2. The van der Waals surface area contributed by atoms with Gasteiger partial charge in [-0.25, -0.2) is 18.4 Å². The summed E-state index contributed by atoms with van der Waals surface area (Å²) >= 11 is 0. The average Bonchev–Trinajstić information content (AvgIpc) is 3.31. The molecule has 440 valence electrons. The maximum Gasteiger partial charge on any atom is 0.416 e. The van der Waals surface area contributed by atoms with Crippen molar-refractivity contribution in [2.75, 3.05) is 40.3 Å². The second kappa shape index (κ2) is 24.2. The highest BCUT2D eigenvalue weighted by molar-refractivity contribution is 5.80. The van der Waals surface area contributed by atoms with E-state index in [1.54, 1.807) is 67.5 Å². The van der Waals surface area contributed by atoms with Crippen LogP contribution in [-0.2, 0) is 56.6 Å². The first-order valence-electron chi connectivity index (χ1n) is 25.1. The van der Waals surface area contributed by atoms with Crippen LogP contribution >= 0.6 is 0 Å². The van der Waals surface area contributed by atoms with Crippen molar-refractivity contribution in [3.8, 4) is 0 Å². The molecule has 2 fully saturated rings. The van der Waals surface area contributed by atoms with E-state index in [1.165, 1.54) is 58.0 Å². The zero-order chi connectivity index (χ0) is 60.4. The average molecular weight is 1150 g/mol. The van der Waals surface area contributed by atoms with Gasteiger partial charge in [-0.05, 0) is 162 Å². The number of alkyl halides is 12. The SMILES string of the molecule is Cc1cc(F)ccc1[C@@H]1CN(C(=O)OC(C)(C)C)CC[C@H]1N(C)C(=O)Cc1cc(C(F)(F)F)cc(C(F)(F)F)c1.Cc1cc(F)ccc1[C@H]1CN(C(=O)OC(C)(C)C)CC[C@@H]1N(C)C(=O)Cc1cc(C(F)(F)F)cc(C(F)(F)F)c1. The molecule has 2 heterocycles. The minimum Gasteiger partial charge on any atom is -0.444 e. The van der Waals surface area contributed by atoms with Gasteiger partial charge < -0.3 is 29.1 Å². The van der Waals surface area contributed by atoms with Crippen LogP contribution in [0.1, 0.15) is 122 Å². The predicted molar refractivity (Wildman–Crippen MR) is 266 cm³/mol. The number of hydrogen-bond donors (Lipinski definition) is 0. The number of likely N-dealkylation sites (tertiary alicyclic amines) is 2. The monoisotopic (exact) mass is 1150 g/mol. The molecule has 0 bridgehead atoms. The minimum atomic E-state index is -5.04. The highest BCUT2D eigenvalue weighted by atomic mass is 19.4. The molecule has 4 atom stereocenters. The Morgan fingerprint density at radius 1 is 0.487 bits per heavy atom. The van der Waals surface area contributed by atoms with Gasteiger partial charge in [-0.2, -0.15) is 52.7 Å². The Balaban J connectivity index is 0.000000294. The van der Waals surface area contributed by atoms with Gasteiger partial charge in [0, 0.05) is 64.2 Å². The van der Waals surface area contributed by atoms with Crippen LogP contribution in [0.2, 0.25) is 0 Å². The zero-order valence-corrected chi connectivity index (χ0v) is 45.4. The van der Waals surface area contributed by atoms with Crippen molar-refractivity contribution in [2.24, 2.45) is 0 Å². The summed E-state index contributed by atoms with van der Waals surface area (Å²) in [4.78, 5) is 57.6. The number of piperidine rings is 2. The first-order valence-corrected chi connectivity index (χ1v) is 25.1. The van der Waals surface area contributed by atoms with Gasteiger partial charge in [0.15, 0.2) is 0 Å². The third-order valence-corrected chi connectivity index (χ3v) is 13.5. The Bertz CT molecular complexity index is 2630. The van der Waals surface area contributed by atoms with Crippen LogP contribution in [0.15, 0.2) is 72.8 Å². The maximum absolute atomic E-state index is 13.9. The summed E-state index contributed by atoms with van der Waals surface area (Å²) in [6.07, 6.45) is -22.2. The molecule has 0 aliphatic carbocycles. The quantitative estimate of drug-likeness (QED) is 0.163. The maximum atomic E-state index is 13.9. The van der Waals surface area contributed by atoms with E-state index in [1.807, 2.05) is 0 Å². The Morgan fingerprint density at radius 2 is 0.775 bits per heavy atom. The number of ether oxygens (including phenoxy) is 2. The molecular weight excluding hydrogens is 1090 g/mol. The molecule has 4 aromatic carbocycles. The van der Waals surface area contributed by atoms with E-state index < -0.39 is 142 Å². The summed E-state index contributed by atoms with van der Waals surface area (Å²) in [7, 11) is 2.83. The van der Waals surface area contributed by atoms with Gasteiger partial charge in [-0.1, -0.05) is 12.1 Å². The second-order valence-corrected chi connectivity index (χ2v) is 22.0. The molecule has 10 nitrogen and oxygen atoms in total. The number of nitrogens with zero attached hydrogens (tertiary/aromatic N) is 4.